The van der Waals surface area contributed by atoms with Crippen molar-refractivity contribution in [2.24, 2.45) is 0 Å². The molecule has 2 atom stereocenters. The normalized spacial score (nSPS) is 20.2. The van der Waals surface area contributed by atoms with E-state index in [1.54, 1.807) is 6.20 Å². The van der Waals surface area contributed by atoms with Crippen LogP contribution in [0.2, 0.25) is 0 Å². The molecule has 5 heterocycles. The van der Waals surface area contributed by atoms with Gasteiger partial charge in [0.05, 0.1) is 24.4 Å². The molecular weight excluding hydrogens is 376 g/mol. The molecule has 0 radical (unpaired) electrons. The number of fused-ring (bicyclic) bond motifs is 3. The number of H-pyrrole nitrogens is 1. The smallest absolute Gasteiger partial charge is 0.227 e. The second-order valence-corrected chi connectivity index (χ2v) is 8.03. The van der Waals surface area contributed by atoms with Crippen molar-refractivity contribution in [1.82, 2.24) is 19.9 Å². The summed E-state index contributed by atoms with van der Waals surface area (Å²) in [6.07, 6.45) is 7.03. The molecule has 0 aliphatic carbocycles. The number of anilines is 3. The van der Waals surface area contributed by atoms with Crippen LogP contribution in [0.25, 0.3) is 22.3 Å². The fourth-order valence-electron chi connectivity index (χ4n) is 4.54. The van der Waals surface area contributed by atoms with Crippen molar-refractivity contribution in [3.05, 3.63) is 60.6 Å². The maximum atomic E-state index is 5.74. The van der Waals surface area contributed by atoms with Gasteiger partial charge in [0, 0.05) is 47.5 Å². The van der Waals surface area contributed by atoms with Crippen LogP contribution < -0.4 is 10.2 Å². The van der Waals surface area contributed by atoms with E-state index in [2.05, 4.69) is 56.4 Å². The summed E-state index contributed by atoms with van der Waals surface area (Å²) in [6, 6.07) is 12.9. The van der Waals surface area contributed by atoms with E-state index < -0.39 is 0 Å². The van der Waals surface area contributed by atoms with Crippen LogP contribution in [0.4, 0.5) is 17.3 Å². The zero-order valence-corrected chi connectivity index (χ0v) is 16.7. The highest BCUT2D eigenvalue weighted by Crippen LogP contribution is 2.35. The molecule has 6 rings (SSSR count). The number of morpholine rings is 1. The molecule has 2 fully saturated rings. The largest absolute Gasteiger partial charge is 0.374 e. The minimum Gasteiger partial charge on any atom is -0.374 e. The van der Waals surface area contributed by atoms with Gasteiger partial charge in [-0.3, -0.25) is 0 Å². The number of aromatic nitrogens is 4. The zero-order chi connectivity index (χ0) is 20.1. The van der Waals surface area contributed by atoms with Crippen molar-refractivity contribution in [3.63, 3.8) is 0 Å². The summed E-state index contributed by atoms with van der Waals surface area (Å²) >= 11 is 0. The lowest BCUT2D eigenvalue weighted by Crippen LogP contribution is -2.37. The molecule has 2 aliphatic rings. The maximum Gasteiger partial charge on any atom is 0.227 e. The highest BCUT2D eigenvalue weighted by molar-refractivity contribution is 5.80. The molecule has 3 aromatic heterocycles. The summed E-state index contributed by atoms with van der Waals surface area (Å²) in [7, 11) is 0. The van der Waals surface area contributed by atoms with Gasteiger partial charge in [0.1, 0.15) is 5.65 Å². The first-order valence-corrected chi connectivity index (χ1v) is 10.3. The number of ether oxygens (including phenoxy) is 1. The van der Waals surface area contributed by atoms with E-state index >= 15 is 0 Å². The van der Waals surface area contributed by atoms with Crippen LogP contribution in [0, 0.1) is 6.92 Å². The molecule has 2 bridgehead atoms. The number of hydrogen-bond acceptors (Lipinski definition) is 6. The van der Waals surface area contributed by atoms with Crippen LogP contribution in [-0.2, 0) is 4.74 Å². The van der Waals surface area contributed by atoms with Crippen LogP contribution in [-0.4, -0.2) is 45.2 Å². The molecule has 4 aromatic rings. The standard InChI is InChI=1S/C23H22N6O/c1-14-8-17(2-3-21(14)29-12-19-10-18(29)13-30-19)27-23-25-7-5-20(28-23)16-9-15-4-6-24-22(15)26-11-16/h2-9,11,18-19H,10,12-13H2,1H3,(H,24,26)(H,25,27,28)/t18-,19-/m0/s1. The third-order valence-electron chi connectivity index (χ3n) is 6.01. The summed E-state index contributed by atoms with van der Waals surface area (Å²) in [5.74, 6) is 0.572. The van der Waals surface area contributed by atoms with Gasteiger partial charge < -0.3 is 19.9 Å². The third kappa shape index (κ3) is 2.98. The minimum absolute atomic E-state index is 0.392. The number of aromatic amines is 1. The van der Waals surface area contributed by atoms with Gasteiger partial charge in [0.15, 0.2) is 0 Å². The monoisotopic (exact) mass is 398 g/mol. The van der Waals surface area contributed by atoms with Gasteiger partial charge in [-0.1, -0.05) is 0 Å². The van der Waals surface area contributed by atoms with Crippen molar-refractivity contribution < 1.29 is 4.74 Å². The Labute approximate surface area is 174 Å². The van der Waals surface area contributed by atoms with Crippen molar-refractivity contribution in [2.45, 2.75) is 25.5 Å². The van der Waals surface area contributed by atoms with Crippen molar-refractivity contribution in [2.75, 3.05) is 23.4 Å². The van der Waals surface area contributed by atoms with Crippen LogP contribution in [0.1, 0.15) is 12.0 Å². The summed E-state index contributed by atoms with van der Waals surface area (Å²) in [5.41, 5.74) is 6.19. The molecule has 0 saturated carbocycles. The molecule has 0 amide bonds. The van der Waals surface area contributed by atoms with Crippen LogP contribution in [0.5, 0.6) is 0 Å². The van der Waals surface area contributed by atoms with E-state index in [0.717, 1.165) is 47.6 Å². The van der Waals surface area contributed by atoms with Gasteiger partial charge in [-0.15, -0.1) is 0 Å². The number of nitrogens with one attached hydrogen (secondary N) is 2. The highest BCUT2D eigenvalue weighted by Gasteiger charge is 2.39. The van der Waals surface area contributed by atoms with E-state index in [9.17, 15) is 0 Å². The molecule has 2 N–H and O–H groups in total. The van der Waals surface area contributed by atoms with E-state index in [1.165, 1.54) is 11.3 Å². The molecule has 2 aliphatic heterocycles. The Kier molecular flexibility index (Phi) is 3.95. The quantitative estimate of drug-likeness (QED) is 0.540. The highest BCUT2D eigenvalue weighted by atomic mass is 16.5. The molecular formula is C23H22N6O. The number of nitrogens with zero attached hydrogens (tertiary/aromatic N) is 4. The first-order valence-electron chi connectivity index (χ1n) is 10.3. The van der Waals surface area contributed by atoms with E-state index in [1.807, 2.05) is 24.5 Å². The number of hydrogen-bond donors (Lipinski definition) is 2. The Morgan fingerprint density at radius 2 is 2.13 bits per heavy atom. The molecule has 0 unspecified atom stereocenters. The van der Waals surface area contributed by atoms with Gasteiger partial charge in [0.25, 0.3) is 0 Å². The molecule has 7 nitrogen and oxygen atoms in total. The van der Waals surface area contributed by atoms with E-state index in [0.29, 0.717) is 18.1 Å². The Morgan fingerprint density at radius 1 is 1.17 bits per heavy atom. The summed E-state index contributed by atoms with van der Waals surface area (Å²) in [5, 5.41) is 4.41. The van der Waals surface area contributed by atoms with Crippen LogP contribution in [0.15, 0.2) is 55.0 Å². The fraction of sp³-hybridized carbons (Fsp3) is 0.261. The lowest BCUT2D eigenvalue weighted by atomic mass is 10.1. The van der Waals surface area contributed by atoms with Crippen LogP contribution >= 0.6 is 0 Å². The number of aryl methyl sites for hydroxylation is 1. The topological polar surface area (TPSA) is 79.0 Å². The molecule has 30 heavy (non-hydrogen) atoms. The maximum absolute atomic E-state index is 5.74. The predicted molar refractivity (Wildman–Crippen MR) is 117 cm³/mol. The Morgan fingerprint density at radius 3 is 2.97 bits per heavy atom. The molecule has 7 heteroatoms. The fourth-order valence-corrected chi connectivity index (χ4v) is 4.54. The number of benzene rings is 1. The SMILES string of the molecule is Cc1cc(Nc2nccc(-c3cnc4[nH]ccc4c3)n2)ccc1N1C[C@@H]2C[C@H]1CO2. The molecule has 150 valence electrons. The average molecular weight is 398 g/mol. The van der Waals surface area contributed by atoms with Gasteiger partial charge >= 0.3 is 0 Å². The second kappa shape index (κ2) is 6.81. The average Bonchev–Trinajstić information content (AvgIpc) is 3.50. The van der Waals surface area contributed by atoms with Crippen molar-refractivity contribution in [3.8, 4) is 11.3 Å². The Hall–Kier alpha value is -3.45. The molecule has 0 spiro atoms. The van der Waals surface area contributed by atoms with Gasteiger partial charge in [-0.25, -0.2) is 15.0 Å². The minimum atomic E-state index is 0.392. The second-order valence-electron chi connectivity index (χ2n) is 8.03. The molecule has 2 saturated heterocycles. The van der Waals surface area contributed by atoms with Gasteiger partial charge in [-0.2, -0.15) is 0 Å². The van der Waals surface area contributed by atoms with Crippen molar-refractivity contribution >= 4 is 28.4 Å². The van der Waals surface area contributed by atoms with Gasteiger partial charge in [0.2, 0.25) is 5.95 Å². The zero-order valence-electron chi connectivity index (χ0n) is 16.7. The first kappa shape index (κ1) is 17.4. The summed E-state index contributed by atoms with van der Waals surface area (Å²) in [4.78, 5) is 19.1. The lowest BCUT2D eigenvalue weighted by Gasteiger charge is -2.30. The van der Waals surface area contributed by atoms with E-state index in [-0.39, 0.29) is 0 Å². The predicted octanol–water partition coefficient (Wildman–Crippen LogP) is 4.05. The summed E-state index contributed by atoms with van der Waals surface area (Å²) in [6.45, 7) is 3.99. The lowest BCUT2D eigenvalue weighted by molar-refractivity contribution is 0.0991. The van der Waals surface area contributed by atoms with Crippen molar-refractivity contribution in [1.29, 1.82) is 0 Å². The first-order chi connectivity index (χ1) is 14.7. The summed E-state index contributed by atoms with van der Waals surface area (Å²) < 4.78 is 5.74. The van der Waals surface area contributed by atoms with Crippen LogP contribution in [0.3, 0.4) is 0 Å². The third-order valence-corrected chi connectivity index (χ3v) is 6.01. The molecule has 1 aromatic carbocycles. The van der Waals surface area contributed by atoms with Gasteiger partial charge in [-0.05, 0) is 55.3 Å². The van der Waals surface area contributed by atoms with E-state index in [4.69, 9.17) is 9.72 Å². The Bertz CT molecular complexity index is 1240. The number of pyridine rings is 1. The number of rotatable bonds is 4. The Balaban J connectivity index is 1.24.